The number of sulfonamides is 1. The zero-order valence-electron chi connectivity index (χ0n) is 12.4. The molecule has 0 saturated carbocycles. The van der Waals surface area contributed by atoms with E-state index in [1.165, 1.54) is 0 Å². The minimum absolute atomic E-state index is 0.128. The standard InChI is InChI=1S/C13H22N2O5S/c1-10-13(11(2)20-15-10)21(16,17)14-6-4-7-18-9-12-5-3-8-19-12/h12,14H,3-9H2,1-2H3. The molecule has 120 valence electrons. The lowest BCUT2D eigenvalue weighted by molar-refractivity contribution is 0.0169. The van der Waals surface area contributed by atoms with E-state index in [2.05, 4.69) is 9.88 Å². The topological polar surface area (TPSA) is 90.7 Å². The number of hydrogen-bond acceptors (Lipinski definition) is 6. The van der Waals surface area contributed by atoms with E-state index in [0.717, 1.165) is 19.4 Å². The molecule has 1 N–H and O–H groups in total. The van der Waals surface area contributed by atoms with Gasteiger partial charge in [0, 0.05) is 19.8 Å². The van der Waals surface area contributed by atoms with Crippen LogP contribution in [0.25, 0.3) is 0 Å². The normalized spacial score (nSPS) is 19.2. The average Bonchev–Trinajstić information content (AvgIpc) is 3.04. The molecule has 1 atom stereocenters. The van der Waals surface area contributed by atoms with Crippen molar-refractivity contribution < 1.29 is 22.4 Å². The van der Waals surface area contributed by atoms with E-state index in [4.69, 9.17) is 14.0 Å². The number of hydrogen-bond donors (Lipinski definition) is 1. The molecule has 1 aromatic heterocycles. The van der Waals surface area contributed by atoms with Gasteiger partial charge in [-0.15, -0.1) is 0 Å². The molecule has 0 spiro atoms. The van der Waals surface area contributed by atoms with E-state index >= 15 is 0 Å². The van der Waals surface area contributed by atoms with Gasteiger partial charge in [-0.25, -0.2) is 13.1 Å². The molecule has 2 rings (SSSR count). The lowest BCUT2D eigenvalue weighted by Gasteiger charge is -2.10. The molecule has 2 heterocycles. The van der Waals surface area contributed by atoms with Gasteiger partial charge in [0.25, 0.3) is 0 Å². The van der Waals surface area contributed by atoms with Crippen molar-refractivity contribution >= 4 is 10.0 Å². The Hall–Kier alpha value is -0.960. The molecule has 1 aliphatic rings. The second kappa shape index (κ2) is 7.35. The van der Waals surface area contributed by atoms with Gasteiger partial charge in [-0.05, 0) is 33.1 Å². The third-order valence-corrected chi connectivity index (χ3v) is 5.03. The van der Waals surface area contributed by atoms with Crippen LogP contribution >= 0.6 is 0 Å². The average molecular weight is 318 g/mol. The maximum absolute atomic E-state index is 12.1. The van der Waals surface area contributed by atoms with Gasteiger partial charge in [-0.2, -0.15) is 0 Å². The van der Waals surface area contributed by atoms with Gasteiger partial charge in [0.15, 0.2) is 5.76 Å². The third kappa shape index (κ3) is 4.50. The predicted molar refractivity (Wildman–Crippen MR) is 75.6 cm³/mol. The summed E-state index contributed by atoms with van der Waals surface area (Å²) < 4.78 is 42.5. The summed E-state index contributed by atoms with van der Waals surface area (Å²) in [5.41, 5.74) is 0.370. The lowest BCUT2D eigenvalue weighted by Crippen LogP contribution is -2.26. The molecule has 0 bridgehead atoms. The highest BCUT2D eigenvalue weighted by Crippen LogP contribution is 2.18. The number of nitrogens with one attached hydrogen (secondary N) is 1. The maximum Gasteiger partial charge on any atom is 0.245 e. The number of nitrogens with zero attached hydrogens (tertiary/aromatic N) is 1. The molecule has 1 aliphatic heterocycles. The minimum Gasteiger partial charge on any atom is -0.379 e. The van der Waals surface area contributed by atoms with Crippen molar-refractivity contribution in [1.29, 1.82) is 0 Å². The molecule has 0 aliphatic carbocycles. The smallest absolute Gasteiger partial charge is 0.245 e. The highest BCUT2D eigenvalue weighted by Gasteiger charge is 2.23. The number of rotatable bonds is 8. The Balaban J connectivity index is 1.68. The fourth-order valence-electron chi connectivity index (χ4n) is 2.30. The first-order valence-electron chi connectivity index (χ1n) is 7.12. The first kappa shape index (κ1) is 16.4. The van der Waals surface area contributed by atoms with Gasteiger partial charge in [0.2, 0.25) is 10.0 Å². The molecule has 0 radical (unpaired) electrons. The first-order chi connectivity index (χ1) is 10.0. The summed E-state index contributed by atoms with van der Waals surface area (Å²) in [4.78, 5) is 0.128. The van der Waals surface area contributed by atoms with Crippen molar-refractivity contribution in [3.8, 4) is 0 Å². The van der Waals surface area contributed by atoms with Crippen molar-refractivity contribution in [3.05, 3.63) is 11.5 Å². The number of ether oxygens (including phenoxy) is 2. The number of aryl methyl sites for hydroxylation is 2. The van der Waals surface area contributed by atoms with Crippen LogP contribution in [0.3, 0.4) is 0 Å². The highest BCUT2D eigenvalue weighted by atomic mass is 32.2. The zero-order chi connectivity index (χ0) is 15.3. The fraction of sp³-hybridized carbons (Fsp3) is 0.769. The summed E-state index contributed by atoms with van der Waals surface area (Å²) in [5, 5.41) is 3.65. The molecule has 7 nitrogen and oxygen atoms in total. The molecule has 0 amide bonds. The Morgan fingerprint density at radius 3 is 2.86 bits per heavy atom. The summed E-state index contributed by atoms with van der Waals surface area (Å²) in [6.07, 6.45) is 2.93. The predicted octanol–water partition coefficient (Wildman–Crippen LogP) is 1.16. The Kier molecular flexibility index (Phi) is 5.74. The van der Waals surface area contributed by atoms with Crippen molar-refractivity contribution in [3.63, 3.8) is 0 Å². The third-order valence-electron chi connectivity index (χ3n) is 3.32. The van der Waals surface area contributed by atoms with Crippen molar-refractivity contribution in [2.24, 2.45) is 0 Å². The van der Waals surface area contributed by atoms with Gasteiger partial charge >= 0.3 is 0 Å². The van der Waals surface area contributed by atoms with Gasteiger partial charge in [-0.1, -0.05) is 5.16 Å². The minimum atomic E-state index is -3.57. The molecule has 1 unspecified atom stereocenters. The van der Waals surface area contributed by atoms with E-state index in [0.29, 0.717) is 37.6 Å². The van der Waals surface area contributed by atoms with Crippen LogP contribution in [0.1, 0.15) is 30.7 Å². The lowest BCUT2D eigenvalue weighted by atomic mass is 10.2. The van der Waals surface area contributed by atoms with Crippen molar-refractivity contribution in [2.45, 2.75) is 44.1 Å². The number of aromatic nitrogens is 1. The largest absolute Gasteiger partial charge is 0.379 e. The second-order valence-electron chi connectivity index (χ2n) is 5.11. The molecule has 21 heavy (non-hydrogen) atoms. The van der Waals surface area contributed by atoms with Crippen LogP contribution < -0.4 is 4.72 Å². The van der Waals surface area contributed by atoms with Crippen molar-refractivity contribution in [1.82, 2.24) is 9.88 Å². The van der Waals surface area contributed by atoms with E-state index in [1.807, 2.05) is 0 Å². The second-order valence-corrected chi connectivity index (χ2v) is 6.82. The van der Waals surface area contributed by atoms with Crippen LogP contribution in [0.5, 0.6) is 0 Å². The van der Waals surface area contributed by atoms with E-state index in [9.17, 15) is 8.42 Å². The Morgan fingerprint density at radius 1 is 1.43 bits per heavy atom. The first-order valence-corrected chi connectivity index (χ1v) is 8.61. The monoisotopic (exact) mass is 318 g/mol. The Bertz CT molecular complexity index is 529. The van der Waals surface area contributed by atoms with E-state index in [-0.39, 0.29) is 11.0 Å². The zero-order valence-corrected chi connectivity index (χ0v) is 13.2. The highest BCUT2D eigenvalue weighted by molar-refractivity contribution is 7.89. The Labute approximate surface area is 125 Å². The fourth-order valence-corrected chi connectivity index (χ4v) is 3.70. The summed E-state index contributed by atoms with van der Waals surface area (Å²) >= 11 is 0. The molecule has 1 fully saturated rings. The molecule has 1 saturated heterocycles. The van der Waals surface area contributed by atoms with Gasteiger partial charge in [0.1, 0.15) is 10.6 Å². The Morgan fingerprint density at radius 2 is 2.24 bits per heavy atom. The van der Waals surface area contributed by atoms with Crippen LogP contribution in [0.2, 0.25) is 0 Å². The summed E-state index contributed by atoms with van der Waals surface area (Å²) in [6, 6.07) is 0. The van der Waals surface area contributed by atoms with E-state index in [1.54, 1.807) is 13.8 Å². The SMILES string of the molecule is Cc1noc(C)c1S(=O)(=O)NCCCOCC1CCCO1. The summed E-state index contributed by atoms with van der Waals surface area (Å²) in [6.45, 7) is 5.40. The van der Waals surface area contributed by atoms with Crippen LogP contribution in [0.4, 0.5) is 0 Å². The van der Waals surface area contributed by atoms with Crippen LogP contribution in [0, 0.1) is 13.8 Å². The molecule has 8 heteroatoms. The van der Waals surface area contributed by atoms with Crippen LogP contribution in [-0.4, -0.2) is 46.0 Å². The molecular weight excluding hydrogens is 296 g/mol. The van der Waals surface area contributed by atoms with Crippen molar-refractivity contribution in [2.75, 3.05) is 26.4 Å². The van der Waals surface area contributed by atoms with E-state index < -0.39 is 10.0 Å². The summed E-state index contributed by atoms with van der Waals surface area (Å²) in [5.74, 6) is 0.301. The van der Waals surface area contributed by atoms with Crippen LogP contribution in [-0.2, 0) is 19.5 Å². The van der Waals surface area contributed by atoms with Gasteiger partial charge in [-0.3, -0.25) is 0 Å². The van der Waals surface area contributed by atoms with Crippen LogP contribution in [0.15, 0.2) is 9.42 Å². The summed E-state index contributed by atoms with van der Waals surface area (Å²) in [7, 11) is -3.57. The van der Waals surface area contributed by atoms with Gasteiger partial charge in [0.05, 0.1) is 12.7 Å². The molecule has 0 aromatic carbocycles. The van der Waals surface area contributed by atoms with Gasteiger partial charge < -0.3 is 14.0 Å². The molecular formula is C13H22N2O5S. The quantitative estimate of drug-likeness (QED) is 0.723. The molecule has 1 aromatic rings. The maximum atomic E-state index is 12.1.